The molecule has 0 saturated heterocycles. The highest BCUT2D eigenvalue weighted by molar-refractivity contribution is 7.90. The Kier molecular flexibility index (Phi) is 4.52. The molecule has 140 valence electrons. The average molecular weight is 455 g/mol. The molecule has 0 amide bonds. The van der Waals surface area contributed by atoms with Crippen molar-refractivity contribution in [1.82, 2.24) is 13.9 Å². The summed E-state index contributed by atoms with van der Waals surface area (Å²) in [5.74, 6) is 0.690. The molecule has 0 aliphatic heterocycles. The van der Waals surface area contributed by atoms with Crippen LogP contribution in [0.1, 0.15) is 0 Å². The number of imidazole rings is 1. The summed E-state index contributed by atoms with van der Waals surface area (Å²) in [6, 6.07) is 17.8. The molecular weight excluding hydrogens is 440 g/mol. The van der Waals surface area contributed by atoms with Crippen LogP contribution >= 0.6 is 0 Å². The number of aromatic nitrogens is 4. The van der Waals surface area contributed by atoms with Gasteiger partial charge in [0.2, 0.25) is 0 Å². The first-order valence-electron chi connectivity index (χ1n) is 8.41. The number of para-hydroxylation sites is 1. The van der Waals surface area contributed by atoms with Crippen LogP contribution in [0.5, 0.6) is 0 Å². The minimum atomic E-state index is -3.70. The lowest BCUT2D eigenvalue weighted by atomic mass is 10.1. The van der Waals surface area contributed by atoms with Crippen molar-refractivity contribution in [3.63, 3.8) is 0 Å². The zero-order valence-electron chi connectivity index (χ0n) is 14.5. The van der Waals surface area contributed by atoms with Crippen molar-refractivity contribution in [1.29, 1.82) is 0 Å². The van der Waals surface area contributed by atoms with Gasteiger partial charge in [0.25, 0.3) is 10.0 Å². The summed E-state index contributed by atoms with van der Waals surface area (Å²) >= 11 is 0. The van der Waals surface area contributed by atoms with E-state index in [9.17, 15) is 8.42 Å². The number of H-pyrrole nitrogens is 1. The Morgan fingerprint density at radius 1 is 0.964 bits per heavy atom. The van der Waals surface area contributed by atoms with Crippen molar-refractivity contribution in [2.75, 3.05) is 0 Å². The molecule has 0 spiro atoms. The Morgan fingerprint density at radius 2 is 1.71 bits per heavy atom. The lowest BCUT2D eigenvalue weighted by molar-refractivity contribution is -0.512. The van der Waals surface area contributed by atoms with Crippen LogP contribution < -0.4 is 21.4 Å². The fraction of sp³-hybridized carbons (Fsp3) is 0. The van der Waals surface area contributed by atoms with Gasteiger partial charge in [-0.25, -0.2) is 21.8 Å². The fourth-order valence-electron chi connectivity index (χ4n) is 3.28. The van der Waals surface area contributed by atoms with Gasteiger partial charge >= 0.3 is 5.78 Å². The van der Waals surface area contributed by atoms with E-state index in [1.165, 1.54) is 3.97 Å². The minimum absolute atomic E-state index is 0. The van der Waals surface area contributed by atoms with Crippen LogP contribution in [0.2, 0.25) is 0 Å². The van der Waals surface area contributed by atoms with Crippen molar-refractivity contribution in [2.45, 2.75) is 4.90 Å². The van der Waals surface area contributed by atoms with Crippen molar-refractivity contribution >= 4 is 26.7 Å². The summed E-state index contributed by atoms with van der Waals surface area (Å²) in [6.45, 7) is 0. The third-order valence-corrected chi connectivity index (χ3v) is 6.24. The van der Waals surface area contributed by atoms with Gasteiger partial charge in [-0.05, 0) is 18.2 Å². The van der Waals surface area contributed by atoms with Crippen LogP contribution in [-0.4, -0.2) is 22.4 Å². The molecule has 0 radical (unpaired) electrons. The topological polar surface area (TPSA) is 71.8 Å². The summed E-state index contributed by atoms with van der Waals surface area (Å²) < 4.78 is 29.6. The summed E-state index contributed by atoms with van der Waals surface area (Å²) in [6.07, 6.45) is 7.17. The van der Waals surface area contributed by atoms with E-state index in [2.05, 4.69) is 9.97 Å². The molecule has 0 aliphatic carbocycles. The summed E-state index contributed by atoms with van der Waals surface area (Å²) in [5.41, 5.74) is 2.23. The zero-order valence-corrected chi connectivity index (χ0v) is 16.9. The molecule has 1 N–H and O–H groups in total. The van der Waals surface area contributed by atoms with Crippen molar-refractivity contribution in [3.8, 4) is 11.3 Å². The maximum absolute atomic E-state index is 13.2. The summed E-state index contributed by atoms with van der Waals surface area (Å²) in [7, 11) is -3.70. The second-order valence-electron chi connectivity index (χ2n) is 6.19. The van der Waals surface area contributed by atoms with Gasteiger partial charge in [0.15, 0.2) is 0 Å². The monoisotopic (exact) mass is 454 g/mol. The largest absolute Gasteiger partial charge is 1.00 e. The molecule has 0 aliphatic rings. The molecule has 5 rings (SSSR count). The number of fused-ring (bicyclic) bond motifs is 2. The van der Waals surface area contributed by atoms with Gasteiger partial charge in [0.1, 0.15) is 18.1 Å². The van der Waals surface area contributed by atoms with Crippen molar-refractivity contribution in [3.05, 3.63) is 85.5 Å². The number of nitrogens with one attached hydrogen (secondary N) is 1. The molecule has 0 unspecified atom stereocenters. The molecule has 0 bridgehead atoms. The van der Waals surface area contributed by atoms with Gasteiger partial charge in [-0.1, -0.05) is 41.4 Å². The molecular formula is C20H15BrN4O2S. The van der Waals surface area contributed by atoms with Gasteiger partial charge < -0.3 is 17.0 Å². The second-order valence-corrected chi connectivity index (χ2v) is 8.01. The number of halogens is 1. The van der Waals surface area contributed by atoms with Crippen LogP contribution in [0, 0.1) is 0 Å². The number of nitrogens with zero attached hydrogens (tertiary/aromatic N) is 3. The SMILES string of the molecule is O=S(=O)(c1ccccc1)n1cc(-c2c[n+]3cccnc3[nH]2)c2ccccc21.[Br-]. The smallest absolute Gasteiger partial charge is 0.401 e. The molecule has 3 aromatic heterocycles. The molecule has 3 heterocycles. The van der Waals surface area contributed by atoms with Crippen LogP contribution in [0.4, 0.5) is 0 Å². The Balaban J connectivity index is 0.00000192. The molecule has 28 heavy (non-hydrogen) atoms. The van der Waals surface area contributed by atoms with E-state index in [4.69, 9.17) is 0 Å². The first-order chi connectivity index (χ1) is 13.1. The van der Waals surface area contributed by atoms with Crippen LogP contribution in [0.3, 0.4) is 0 Å². The van der Waals surface area contributed by atoms with E-state index >= 15 is 0 Å². The Bertz CT molecular complexity index is 1360. The third-order valence-electron chi connectivity index (χ3n) is 4.56. The Morgan fingerprint density at radius 3 is 2.50 bits per heavy atom. The van der Waals surface area contributed by atoms with Crippen LogP contribution in [0.15, 0.2) is 90.3 Å². The van der Waals surface area contributed by atoms with Crippen molar-refractivity contribution < 1.29 is 29.8 Å². The first-order valence-corrected chi connectivity index (χ1v) is 9.85. The van der Waals surface area contributed by atoms with E-state index < -0.39 is 10.0 Å². The van der Waals surface area contributed by atoms with Gasteiger partial charge in [-0.15, -0.1) is 0 Å². The molecule has 0 fully saturated rings. The number of aromatic amines is 1. The number of benzene rings is 2. The van der Waals surface area contributed by atoms with Crippen molar-refractivity contribution in [2.24, 2.45) is 0 Å². The summed E-state index contributed by atoms with van der Waals surface area (Å²) in [5, 5.41) is 0.851. The van der Waals surface area contributed by atoms with Crippen LogP contribution in [0.25, 0.3) is 27.9 Å². The highest BCUT2D eigenvalue weighted by Gasteiger charge is 2.23. The first kappa shape index (κ1) is 18.4. The van der Waals surface area contributed by atoms with E-state index in [0.29, 0.717) is 11.3 Å². The van der Waals surface area contributed by atoms with E-state index in [0.717, 1.165) is 16.6 Å². The lowest BCUT2D eigenvalue weighted by Gasteiger charge is -2.07. The molecule has 0 saturated carbocycles. The Hall–Kier alpha value is -2.97. The van der Waals surface area contributed by atoms with Gasteiger partial charge in [-0.2, -0.15) is 0 Å². The van der Waals surface area contributed by atoms with Gasteiger partial charge in [0.05, 0.1) is 16.6 Å². The Labute approximate surface area is 171 Å². The van der Waals surface area contributed by atoms with E-state index in [1.807, 2.05) is 47.1 Å². The number of rotatable bonds is 3. The minimum Gasteiger partial charge on any atom is -1.00 e. The average Bonchev–Trinajstić information content (AvgIpc) is 3.30. The second kappa shape index (κ2) is 6.88. The highest BCUT2D eigenvalue weighted by atomic mass is 79.9. The quantitative estimate of drug-likeness (QED) is 0.390. The number of hydrogen-bond acceptors (Lipinski definition) is 3. The predicted octanol–water partition coefficient (Wildman–Crippen LogP) is 0.0111. The molecule has 5 aromatic rings. The van der Waals surface area contributed by atoms with Gasteiger partial charge in [0, 0.05) is 23.2 Å². The fourth-order valence-corrected chi connectivity index (χ4v) is 4.67. The molecule has 0 atom stereocenters. The number of hydrogen-bond donors (Lipinski definition) is 1. The van der Waals surface area contributed by atoms with Gasteiger partial charge in [-0.3, -0.25) is 0 Å². The lowest BCUT2D eigenvalue weighted by Crippen LogP contribution is -3.00. The molecule has 8 heteroatoms. The normalized spacial score (nSPS) is 11.6. The predicted molar refractivity (Wildman–Crippen MR) is 102 cm³/mol. The van der Waals surface area contributed by atoms with E-state index in [-0.39, 0.29) is 21.9 Å². The summed E-state index contributed by atoms with van der Waals surface area (Å²) in [4.78, 5) is 7.80. The highest BCUT2D eigenvalue weighted by Crippen LogP contribution is 2.31. The van der Waals surface area contributed by atoms with Crippen LogP contribution in [-0.2, 0) is 10.0 Å². The molecule has 6 nitrogen and oxygen atoms in total. The maximum Gasteiger partial charge on any atom is 0.401 e. The standard InChI is InChI=1S/C20H14N4O2S.BrH/c25-27(26,15-7-2-1-3-8-15)24-13-17(16-9-4-5-10-19(16)24)18-14-23-12-6-11-21-20(23)22-18;/h1-14H;1H. The third kappa shape index (κ3) is 2.81. The van der Waals surface area contributed by atoms with E-state index in [1.54, 1.807) is 42.7 Å². The maximum atomic E-state index is 13.2. The zero-order chi connectivity index (χ0) is 18.4. The molecule has 2 aromatic carbocycles.